The monoisotopic (exact) mass is 368 g/mol. The Morgan fingerprint density at radius 1 is 1.21 bits per heavy atom. The number of hydrogen-bond acceptors (Lipinski definition) is 3. The van der Waals surface area contributed by atoms with Gasteiger partial charge in [-0.05, 0) is 29.7 Å². The number of anilines is 1. The molecule has 0 aliphatic heterocycles. The van der Waals surface area contributed by atoms with Crippen LogP contribution in [0.2, 0.25) is 5.02 Å². The van der Waals surface area contributed by atoms with Gasteiger partial charge in [-0.3, -0.25) is 4.79 Å². The Kier molecular flexibility index (Phi) is 8.05. The summed E-state index contributed by atoms with van der Waals surface area (Å²) in [5.74, 6) is 0.725. The molecule has 1 amide bonds. The Morgan fingerprint density at radius 2 is 1.88 bits per heavy atom. The maximum Gasteiger partial charge on any atom is 0.245 e. The van der Waals surface area contributed by atoms with Crippen LogP contribution in [0.1, 0.15) is 25.5 Å². The van der Waals surface area contributed by atoms with Gasteiger partial charge in [-0.1, -0.05) is 55.8 Å². The highest BCUT2D eigenvalue weighted by molar-refractivity contribution is 6.32. The predicted octanol–water partition coefficient (Wildman–Crippen LogP) is 4.44. The number of carbonyl (C=O) groups excluding carboxylic acids is 1. The summed E-state index contributed by atoms with van der Waals surface area (Å²) >= 11 is 6.19. The van der Waals surface area contributed by atoms with E-state index in [-0.39, 0.29) is 18.3 Å². The maximum absolute atomic E-state index is 12.2. The summed E-state index contributed by atoms with van der Waals surface area (Å²) in [5, 5.41) is 3.22. The van der Waals surface area contributed by atoms with Crippen LogP contribution in [-0.2, 0) is 4.79 Å². The molecule has 2 aromatic rings. The normalized spacial score (nSPS) is 11.5. The molecule has 0 bridgehead atoms. The van der Waals surface area contributed by atoms with Crippen LogP contribution in [0.5, 0.6) is 5.75 Å². The molecule has 2 rings (SSSR count). The molecule has 2 aromatic carbocycles. The lowest BCUT2D eigenvalue weighted by molar-refractivity contribution is -0.117. The molecule has 1 unspecified atom stereocenters. The van der Waals surface area contributed by atoms with Crippen molar-refractivity contribution in [3.8, 4) is 5.75 Å². The van der Waals surface area contributed by atoms with Crippen LogP contribution in [0.4, 0.5) is 5.69 Å². The molecule has 130 valence electrons. The van der Waals surface area contributed by atoms with E-state index in [0.717, 1.165) is 5.56 Å². The summed E-state index contributed by atoms with van der Waals surface area (Å²) in [7, 11) is 0. The van der Waals surface area contributed by atoms with Crippen molar-refractivity contribution in [1.82, 2.24) is 0 Å². The first-order valence-corrected chi connectivity index (χ1v) is 7.89. The molecule has 0 saturated heterocycles. The summed E-state index contributed by atoms with van der Waals surface area (Å²) in [6.45, 7) is 4.71. The van der Waals surface area contributed by atoms with Crippen LogP contribution < -0.4 is 15.8 Å². The van der Waals surface area contributed by atoms with E-state index in [0.29, 0.717) is 29.0 Å². The van der Waals surface area contributed by atoms with Gasteiger partial charge in [-0.2, -0.15) is 0 Å². The van der Waals surface area contributed by atoms with Crippen molar-refractivity contribution in [2.45, 2.75) is 19.9 Å². The quantitative estimate of drug-likeness (QED) is 0.792. The van der Waals surface area contributed by atoms with Crippen LogP contribution in [0, 0.1) is 5.92 Å². The number of nitrogens with one attached hydrogen (secondary N) is 1. The fourth-order valence-corrected chi connectivity index (χ4v) is 2.22. The van der Waals surface area contributed by atoms with E-state index in [2.05, 4.69) is 19.2 Å². The van der Waals surface area contributed by atoms with Crippen LogP contribution in [-0.4, -0.2) is 12.5 Å². The molecule has 4 nitrogen and oxygen atoms in total. The van der Waals surface area contributed by atoms with Crippen molar-refractivity contribution >= 4 is 35.6 Å². The SMILES string of the molecule is CC(C)COc1ccc(NC(=O)C(N)c2ccccc2)cc1Cl.Cl. The fourth-order valence-electron chi connectivity index (χ4n) is 1.98. The van der Waals surface area contributed by atoms with Crippen molar-refractivity contribution in [2.24, 2.45) is 11.7 Å². The summed E-state index contributed by atoms with van der Waals surface area (Å²) in [4.78, 5) is 12.2. The Hall–Kier alpha value is -1.75. The Bertz CT molecular complexity index is 663. The Morgan fingerprint density at radius 3 is 2.46 bits per heavy atom. The standard InChI is InChI=1S/C18H21ClN2O2.ClH/c1-12(2)11-23-16-9-8-14(10-15(16)19)21-18(22)17(20)13-6-4-3-5-7-13;/h3-10,12,17H,11,20H2,1-2H3,(H,21,22);1H. The highest BCUT2D eigenvalue weighted by Gasteiger charge is 2.16. The number of benzene rings is 2. The third-order valence-corrected chi connectivity index (χ3v) is 3.51. The molecule has 0 aliphatic rings. The number of halogens is 2. The van der Waals surface area contributed by atoms with E-state index in [1.54, 1.807) is 18.2 Å². The molecule has 3 N–H and O–H groups in total. The number of rotatable bonds is 6. The van der Waals surface area contributed by atoms with Gasteiger partial charge >= 0.3 is 0 Å². The van der Waals surface area contributed by atoms with E-state index in [4.69, 9.17) is 22.1 Å². The molecule has 0 heterocycles. The lowest BCUT2D eigenvalue weighted by Crippen LogP contribution is -2.27. The number of carbonyl (C=O) groups is 1. The molecule has 0 spiro atoms. The molecular formula is C18H22Cl2N2O2. The maximum atomic E-state index is 12.2. The molecule has 0 saturated carbocycles. The lowest BCUT2D eigenvalue weighted by atomic mass is 10.1. The second-order valence-electron chi connectivity index (χ2n) is 5.73. The van der Waals surface area contributed by atoms with E-state index >= 15 is 0 Å². The third-order valence-electron chi connectivity index (χ3n) is 3.21. The topological polar surface area (TPSA) is 64.3 Å². The Balaban J connectivity index is 0.00000288. The van der Waals surface area contributed by atoms with Gasteiger partial charge in [0.15, 0.2) is 0 Å². The first-order chi connectivity index (χ1) is 11.0. The van der Waals surface area contributed by atoms with Crippen LogP contribution in [0.15, 0.2) is 48.5 Å². The summed E-state index contributed by atoms with van der Waals surface area (Å²) < 4.78 is 5.61. The highest BCUT2D eigenvalue weighted by atomic mass is 35.5. The first kappa shape index (κ1) is 20.3. The van der Waals surface area contributed by atoms with Crippen molar-refractivity contribution in [2.75, 3.05) is 11.9 Å². The molecule has 0 aliphatic carbocycles. The second-order valence-corrected chi connectivity index (χ2v) is 6.13. The minimum Gasteiger partial charge on any atom is -0.492 e. The van der Waals surface area contributed by atoms with Gasteiger partial charge in [0.1, 0.15) is 11.8 Å². The summed E-state index contributed by atoms with van der Waals surface area (Å²) in [5.41, 5.74) is 7.31. The second kappa shape index (κ2) is 9.52. The van der Waals surface area contributed by atoms with Gasteiger partial charge in [0, 0.05) is 5.69 Å². The molecule has 0 aromatic heterocycles. The van der Waals surface area contributed by atoms with E-state index in [1.807, 2.05) is 30.3 Å². The minimum atomic E-state index is -0.730. The first-order valence-electron chi connectivity index (χ1n) is 7.51. The number of nitrogens with two attached hydrogens (primary N) is 1. The van der Waals surface area contributed by atoms with Gasteiger partial charge in [-0.15, -0.1) is 12.4 Å². The molecular weight excluding hydrogens is 347 g/mol. The zero-order chi connectivity index (χ0) is 16.8. The van der Waals surface area contributed by atoms with Crippen LogP contribution in [0.25, 0.3) is 0 Å². The Labute approximate surface area is 153 Å². The number of ether oxygens (including phenoxy) is 1. The molecule has 6 heteroatoms. The zero-order valence-corrected chi connectivity index (χ0v) is 15.2. The smallest absolute Gasteiger partial charge is 0.245 e. The summed E-state index contributed by atoms with van der Waals surface area (Å²) in [6.07, 6.45) is 0. The highest BCUT2D eigenvalue weighted by Crippen LogP contribution is 2.28. The molecule has 1 atom stereocenters. The van der Waals surface area contributed by atoms with Gasteiger partial charge < -0.3 is 15.8 Å². The van der Waals surface area contributed by atoms with E-state index in [9.17, 15) is 4.79 Å². The predicted molar refractivity (Wildman–Crippen MR) is 101 cm³/mol. The van der Waals surface area contributed by atoms with Gasteiger partial charge in [0.25, 0.3) is 0 Å². The fraction of sp³-hybridized carbons (Fsp3) is 0.278. The van der Waals surface area contributed by atoms with Crippen molar-refractivity contribution in [1.29, 1.82) is 0 Å². The molecule has 24 heavy (non-hydrogen) atoms. The average molecular weight is 369 g/mol. The van der Waals surface area contributed by atoms with Crippen molar-refractivity contribution < 1.29 is 9.53 Å². The zero-order valence-electron chi connectivity index (χ0n) is 13.7. The lowest BCUT2D eigenvalue weighted by Gasteiger charge is -2.14. The van der Waals surface area contributed by atoms with E-state index in [1.165, 1.54) is 0 Å². The molecule has 0 fully saturated rings. The molecule has 0 radical (unpaired) electrons. The van der Waals surface area contributed by atoms with Gasteiger partial charge in [0.2, 0.25) is 5.91 Å². The van der Waals surface area contributed by atoms with Crippen LogP contribution in [0.3, 0.4) is 0 Å². The van der Waals surface area contributed by atoms with Crippen molar-refractivity contribution in [3.05, 3.63) is 59.1 Å². The van der Waals surface area contributed by atoms with Crippen molar-refractivity contribution in [3.63, 3.8) is 0 Å². The van der Waals surface area contributed by atoms with Crippen LogP contribution >= 0.6 is 24.0 Å². The summed E-state index contributed by atoms with van der Waals surface area (Å²) in [6, 6.07) is 13.6. The minimum absolute atomic E-state index is 0. The van der Waals surface area contributed by atoms with Gasteiger partial charge in [-0.25, -0.2) is 0 Å². The van der Waals surface area contributed by atoms with Gasteiger partial charge in [0.05, 0.1) is 11.6 Å². The third kappa shape index (κ3) is 5.71. The number of amides is 1. The average Bonchev–Trinajstić information content (AvgIpc) is 2.54. The largest absolute Gasteiger partial charge is 0.492 e. The number of hydrogen-bond donors (Lipinski definition) is 2. The van der Waals surface area contributed by atoms with E-state index < -0.39 is 6.04 Å².